The molecule has 2 aliphatic rings. The van der Waals surface area contributed by atoms with E-state index in [9.17, 15) is 8.42 Å². The van der Waals surface area contributed by atoms with Gasteiger partial charge in [-0.1, -0.05) is 6.07 Å². The Labute approximate surface area is 178 Å². The van der Waals surface area contributed by atoms with Crippen LogP contribution in [0.3, 0.4) is 0 Å². The number of anilines is 1. The van der Waals surface area contributed by atoms with E-state index in [0.717, 1.165) is 24.8 Å². The Morgan fingerprint density at radius 1 is 1.23 bits per heavy atom. The summed E-state index contributed by atoms with van der Waals surface area (Å²) < 4.78 is 38.2. The van der Waals surface area contributed by atoms with E-state index in [1.54, 1.807) is 0 Å². The number of nitrogens with one attached hydrogen (secondary N) is 2. The third kappa shape index (κ3) is 4.27. The lowest BCUT2D eigenvalue weighted by atomic mass is 10.1. The highest BCUT2D eigenvalue weighted by Crippen LogP contribution is 2.39. The average Bonchev–Trinajstić information content (AvgIpc) is 3.39. The Kier molecular flexibility index (Phi) is 5.12. The number of rotatable bonds is 6. The van der Waals surface area contributed by atoms with E-state index in [4.69, 9.17) is 18.8 Å². The topological polar surface area (TPSA) is 154 Å². The van der Waals surface area contributed by atoms with Crippen LogP contribution in [-0.2, 0) is 14.5 Å². The summed E-state index contributed by atoms with van der Waals surface area (Å²) in [5.41, 5.74) is 2.02. The van der Waals surface area contributed by atoms with Gasteiger partial charge in [0.15, 0.2) is 23.0 Å². The molecule has 1 aliphatic carbocycles. The van der Waals surface area contributed by atoms with Gasteiger partial charge in [0, 0.05) is 6.04 Å². The summed E-state index contributed by atoms with van der Waals surface area (Å²) in [5, 5.41) is 8.34. The van der Waals surface area contributed by atoms with Crippen LogP contribution in [0.25, 0.3) is 22.6 Å². The molecule has 0 spiro atoms. The van der Waals surface area contributed by atoms with Crippen LogP contribution in [0.2, 0.25) is 0 Å². The lowest BCUT2D eigenvalue weighted by Gasteiger charge is -2.20. The van der Waals surface area contributed by atoms with Gasteiger partial charge in [-0.05, 0) is 37.3 Å². The lowest BCUT2D eigenvalue weighted by molar-refractivity contribution is 0.172. The molecule has 0 bridgehead atoms. The number of H-pyrrole nitrogens is 1. The summed E-state index contributed by atoms with van der Waals surface area (Å²) >= 11 is 0. The summed E-state index contributed by atoms with van der Waals surface area (Å²) in [6.45, 7) is 1.08. The summed E-state index contributed by atoms with van der Waals surface area (Å²) in [6.07, 6.45) is 3.91. The van der Waals surface area contributed by atoms with Gasteiger partial charge in [0.05, 0.1) is 12.2 Å². The van der Waals surface area contributed by atoms with E-state index in [0.29, 0.717) is 47.5 Å². The molecular weight excluding hydrogens is 424 g/mol. The monoisotopic (exact) mass is 446 g/mol. The Morgan fingerprint density at radius 2 is 2.10 bits per heavy atom. The molecule has 0 radical (unpaired) electrons. The molecule has 0 saturated heterocycles. The summed E-state index contributed by atoms with van der Waals surface area (Å²) in [6, 6.07) is 5.80. The number of hydrogen-bond donors (Lipinski definition) is 3. The first-order valence-corrected chi connectivity index (χ1v) is 11.5. The fourth-order valence-corrected chi connectivity index (χ4v) is 4.45. The van der Waals surface area contributed by atoms with Crippen molar-refractivity contribution in [1.29, 1.82) is 0 Å². The third-order valence-corrected chi connectivity index (χ3v) is 5.92. The standard InChI is InChI=1S/C19H22N6O5S/c20-31(26,27)30-9-11-4-5-12(8-11)23-18-15-19(22-10-21-18)25-17(24-15)13-2-1-3-14-16(13)29-7-6-28-14/h1-3,10-12H,4-9H2,(H2,20,26,27)(H2,21,22,23,24,25)/t11-,12?/m0/s1. The molecule has 31 heavy (non-hydrogen) atoms. The number of hydrogen-bond acceptors (Lipinski definition) is 9. The van der Waals surface area contributed by atoms with Crippen molar-refractivity contribution in [2.45, 2.75) is 25.3 Å². The van der Waals surface area contributed by atoms with Gasteiger partial charge in [0.25, 0.3) is 0 Å². The van der Waals surface area contributed by atoms with Gasteiger partial charge in [-0.3, -0.25) is 4.18 Å². The van der Waals surface area contributed by atoms with Crippen LogP contribution in [0, 0.1) is 5.92 Å². The molecule has 1 aliphatic heterocycles. The summed E-state index contributed by atoms with van der Waals surface area (Å²) in [4.78, 5) is 16.6. The molecule has 12 heteroatoms. The molecule has 0 amide bonds. The highest BCUT2D eigenvalue weighted by Gasteiger charge is 2.27. The Hall–Kier alpha value is -2.96. The van der Waals surface area contributed by atoms with Crippen LogP contribution in [-0.4, -0.2) is 54.2 Å². The van der Waals surface area contributed by atoms with Gasteiger partial charge in [-0.25, -0.2) is 20.1 Å². The second-order valence-electron chi connectivity index (χ2n) is 7.63. The molecule has 3 heterocycles. The second kappa shape index (κ2) is 7.94. The first-order chi connectivity index (χ1) is 15.0. The molecule has 1 unspecified atom stereocenters. The van der Waals surface area contributed by atoms with Gasteiger partial charge in [0.1, 0.15) is 30.9 Å². The summed E-state index contributed by atoms with van der Waals surface area (Å²) in [5.74, 6) is 2.71. The molecule has 5 rings (SSSR count). The minimum absolute atomic E-state index is 0.0889. The predicted octanol–water partition coefficient (Wildman–Crippen LogP) is 1.59. The Morgan fingerprint density at radius 3 is 2.97 bits per heavy atom. The van der Waals surface area contributed by atoms with E-state index in [-0.39, 0.29) is 18.6 Å². The number of ether oxygens (including phenoxy) is 2. The largest absolute Gasteiger partial charge is 0.486 e. The Balaban J connectivity index is 1.37. The van der Waals surface area contributed by atoms with E-state index in [2.05, 4.69) is 25.3 Å². The van der Waals surface area contributed by atoms with Gasteiger partial charge in [0.2, 0.25) is 0 Å². The molecule has 164 valence electrons. The zero-order valence-electron chi connectivity index (χ0n) is 16.6. The maximum absolute atomic E-state index is 11.0. The second-order valence-corrected chi connectivity index (χ2v) is 8.86. The maximum atomic E-state index is 11.0. The number of imidazole rings is 1. The van der Waals surface area contributed by atoms with Gasteiger partial charge >= 0.3 is 10.3 Å². The number of aromatic nitrogens is 4. The summed E-state index contributed by atoms with van der Waals surface area (Å²) in [7, 11) is -3.92. The van der Waals surface area contributed by atoms with Crippen molar-refractivity contribution < 1.29 is 22.1 Å². The molecule has 11 nitrogen and oxygen atoms in total. The number of aromatic amines is 1. The number of nitrogens with two attached hydrogens (primary N) is 1. The first-order valence-electron chi connectivity index (χ1n) is 9.99. The van der Waals surface area contributed by atoms with Crippen molar-refractivity contribution in [3.05, 3.63) is 24.5 Å². The zero-order valence-corrected chi connectivity index (χ0v) is 17.4. The Bertz CT molecular complexity index is 1210. The normalized spacial score (nSPS) is 20.8. The van der Waals surface area contributed by atoms with Crippen molar-refractivity contribution in [1.82, 2.24) is 19.9 Å². The van der Waals surface area contributed by atoms with E-state index in [1.165, 1.54) is 6.33 Å². The molecule has 2 aromatic heterocycles. The smallest absolute Gasteiger partial charge is 0.333 e. The van der Waals surface area contributed by atoms with Gasteiger partial charge in [-0.15, -0.1) is 0 Å². The number of nitrogens with zero attached hydrogens (tertiary/aromatic N) is 3. The number of para-hydroxylation sites is 1. The lowest BCUT2D eigenvalue weighted by Crippen LogP contribution is -2.21. The minimum Gasteiger partial charge on any atom is -0.486 e. The quantitative estimate of drug-likeness (QED) is 0.512. The van der Waals surface area contributed by atoms with Gasteiger partial charge < -0.3 is 19.8 Å². The van der Waals surface area contributed by atoms with Crippen LogP contribution < -0.4 is 19.9 Å². The van der Waals surface area contributed by atoms with E-state index >= 15 is 0 Å². The SMILES string of the molecule is NS(=O)(=O)OC[C@H]1CCC(Nc2ncnc3nc(-c4cccc5c4OCCO5)[nH]c23)C1. The van der Waals surface area contributed by atoms with Crippen LogP contribution in [0.1, 0.15) is 19.3 Å². The number of fused-ring (bicyclic) bond motifs is 2. The maximum Gasteiger partial charge on any atom is 0.333 e. The fraction of sp³-hybridized carbons (Fsp3) is 0.421. The van der Waals surface area contributed by atoms with Crippen LogP contribution in [0.5, 0.6) is 11.5 Å². The molecule has 1 aromatic carbocycles. The molecule has 2 atom stereocenters. The minimum atomic E-state index is -3.92. The van der Waals surface area contributed by atoms with E-state index < -0.39 is 10.3 Å². The molecule has 4 N–H and O–H groups in total. The van der Waals surface area contributed by atoms with E-state index in [1.807, 2.05) is 18.2 Å². The zero-order chi connectivity index (χ0) is 21.4. The van der Waals surface area contributed by atoms with Crippen molar-refractivity contribution in [2.24, 2.45) is 11.1 Å². The number of benzene rings is 1. The van der Waals surface area contributed by atoms with Crippen molar-refractivity contribution >= 4 is 27.3 Å². The molecular formula is C19H22N6O5S. The van der Waals surface area contributed by atoms with Crippen molar-refractivity contribution in [3.63, 3.8) is 0 Å². The van der Waals surface area contributed by atoms with Crippen molar-refractivity contribution in [2.75, 3.05) is 25.1 Å². The average molecular weight is 446 g/mol. The fourth-order valence-electron chi connectivity index (χ4n) is 4.07. The first kappa shape index (κ1) is 20.0. The van der Waals surface area contributed by atoms with Crippen LogP contribution in [0.4, 0.5) is 5.82 Å². The molecule has 1 saturated carbocycles. The third-order valence-electron chi connectivity index (χ3n) is 5.46. The van der Waals surface area contributed by atoms with Gasteiger partial charge in [-0.2, -0.15) is 8.42 Å². The van der Waals surface area contributed by atoms with Crippen LogP contribution >= 0.6 is 0 Å². The molecule has 3 aromatic rings. The highest BCUT2D eigenvalue weighted by molar-refractivity contribution is 7.84. The van der Waals surface area contributed by atoms with Crippen LogP contribution in [0.15, 0.2) is 24.5 Å². The highest BCUT2D eigenvalue weighted by atomic mass is 32.2. The van der Waals surface area contributed by atoms with Crippen molar-refractivity contribution in [3.8, 4) is 22.9 Å². The predicted molar refractivity (Wildman–Crippen MR) is 112 cm³/mol. The molecule has 1 fully saturated rings.